The number of rotatable bonds is 3. The zero-order valence-electron chi connectivity index (χ0n) is 9.59. The summed E-state index contributed by atoms with van der Waals surface area (Å²) in [6.07, 6.45) is 1.68. The van der Waals surface area contributed by atoms with Gasteiger partial charge in [-0.2, -0.15) is 10.1 Å². The predicted molar refractivity (Wildman–Crippen MR) is 75.1 cm³/mol. The predicted octanol–water partition coefficient (Wildman–Crippen LogP) is 2.44. The number of fused-ring (bicyclic) bond motifs is 1. The van der Waals surface area contributed by atoms with Crippen molar-refractivity contribution < 1.29 is 0 Å². The number of hydrogen-bond donors (Lipinski definition) is 3. The summed E-state index contributed by atoms with van der Waals surface area (Å²) in [4.78, 5) is 9.48. The van der Waals surface area contributed by atoms with Crippen molar-refractivity contribution in [1.29, 1.82) is 0 Å². The van der Waals surface area contributed by atoms with Gasteiger partial charge in [-0.1, -0.05) is 29.4 Å². The molecule has 4 N–H and O–H groups in total. The Labute approximate surface area is 117 Å². The third kappa shape index (κ3) is 2.48. The summed E-state index contributed by atoms with van der Waals surface area (Å²) in [5.41, 5.74) is 3.07. The summed E-state index contributed by atoms with van der Waals surface area (Å²) in [6.45, 7) is 0. The molecule has 0 saturated carbocycles. The quantitative estimate of drug-likeness (QED) is 0.390. The first kappa shape index (κ1) is 12.2. The third-order valence-electron chi connectivity index (χ3n) is 2.41. The van der Waals surface area contributed by atoms with Crippen LogP contribution >= 0.6 is 23.4 Å². The van der Waals surface area contributed by atoms with Gasteiger partial charge < -0.3 is 0 Å². The molecular weight excluding hydrogens is 284 g/mol. The van der Waals surface area contributed by atoms with E-state index < -0.39 is 0 Å². The van der Waals surface area contributed by atoms with Crippen molar-refractivity contribution in [1.82, 2.24) is 20.2 Å². The SMILES string of the molecule is NNc1nc(Sc2cccc(Cl)c2)c2cn[nH]c2n1. The highest BCUT2D eigenvalue weighted by atomic mass is 35.5. The van der Waals surface area contributed by atoms with Gasteiger partial charge in [-0.25, -0.2) is 10.8 Å². The number of hydrogen-bond acceptors (Lipinski definition) is 6. The van der Waals surface area contributed by atoms with Crippen LogP contribution < -0.4 is 11.3 Å². The van der Waals surface area contributed by atoms with E-state index in [1.165, 1.54) is 11.8 Å². The first-order chi connectivity index (χ1) is 9.26. The van der Waals surface area contributed by atoms with Crippen LogP contribution in [0.4, 0.5) is 5.95 Å². The van der Waals surface area contributed by atoms with Crippen LogP contribution in [0.1, 0.15) is 0 Å². The molecule has 19 heavy (non-hydrogen) atoms. The molecule has 0 saturated heterocycles. The van der Waals surface area contributed by atoms with Gasteiger partial charge in [-0.15, -0.1) is 0 Å². The fourth-order valence-corrected chi connectivity index (χ4v) is 2.80. The van der Waals surface area contributed by atoms with Crippen molar-refractivity contribution in [2.24, 2.45) is 5.84 Å². The average molecular weight is 293 g/mol. The molecule has 0 aliphatic carbocycles. The van der Waals surface area contributed by atoms with E-state index in [1.54, 1.807) is 6.20 Å². The molecule has 6 nitrogen and oxygen atoms in total. The number of aromatic amines is 1. The molecule has 0 bridgehead atoms. The van der Waals surface area contributed by atoms with Crippen molar-refractivity contribution in [3.63, 3.8) is 0 Å². The third-order valence-corrected chi connectivity index (χ3v) is 3.64. The number of H-pyrrole nitrogens is 1. The Bertz CT molecular complexity index is 728. The minimum Gasteiger partial charge on any atom is -0.292 e. The van der Waals surface area contributed by atoms with E-state index in [0.717, 1.165) is 15.3 Å². The van der Waals surface area contributed by atoms with Gasteiger partial charge in [0, 0.05) is 9.92 Å². The van der Waals surface area contributed by atoms with Crippen LogP contribution in [0.5, 0.6) is 0 Å². The molecule has 8 heteroatoms. The molecule has 0 radical (unpaired) electrons. The van der Waals surface area contributed by atoms with Crippen molar-refractivity contribution in [2.45, 2.75) is 9.92 Å². The maximum Gasteiger partial charge on any atom is 0.240 e. The summed E-state index contributed by atoms with van der Waals surface area (Å²) in [5.74, 6) is 5.69. The second-order valence-electron chi connectivity index (χ2n) is 3.69. The first-order valence-electron chi connectivity index (χ1n) is 5.37. The average Bonchev–Trinajstić information content (AvgIpc) is 2.87. The molecule has 96 valence electrons. The number of hydrazine groups is 1. The van der Waals surface area contributed by atoms with Gasteiger partial charge in [0.2, 0.25) is 5.95 Å². The van der Waals surface area contributed by atoms with Crippen molar-refractivity contribution in [2.75, 3.05) is 5.43 Å². The first-order valence-corrected chi connectivity index (χ1v) is 6.57. The molecule has 0 unspecified atom stereocenters. The van der Waals surface area contributed by atoms with Crippen LogP contribution in [-0.4, -0.2) is 20.2 Å². The smallest absolute Gasteiger partial charge is 0.240 e. The van der Waals surface area contributed by atoms with Crippen LogP contribution in [0.2, 0.25) is 5.02 Å². The van der Waals surface area contributed by atoms with Crippen LogP contribution in [0.15, 0.2) is 40.4 Å². The molecule has 3 rings (SSSR count). The number of anilines is 1. The number of aromatic nitrogens is 4. The monoisotopic (exact) mass is 292 g/mol. The fourth-order valence-electron chi connectivity index (χ4n) is 1.59. The zero-order valence-corrected chi connectivity index (χ0v) is 11.2. The van der Waals surface area contributed by atoms with Gasteiger partial charge in [0.1, 0.15) is 5.03 Å². The second kappa shape index (κ2) is 5.04. The van der Waals surface area contributed by atoms with Gasteiger partial charge in [0.15, 0.2) is 5.65 Å². The molecule has 2 heterocycles. The highest BCUT2D eigenvalue weighted by Crippen LogP contribution is 2.32. The normalized spacial score (nSPS) is 10.8. The lowest BCUT2D eigenvalue weighted by Crippen LogP contribution is -2.10. The maximum absolute atomic E-state index is 5.97. The molecule has 0 atom stereocenters. The molecule has 0 fully saturated rings. The molecule has 0 aliphatic heterocycles. The molecule has 0 aliphatic rings. The van der Waals surface area contributed by atoms with Gasteiger partial charge in [0.05, 0.1) is 11.6 Å². The van der Waals surface area contributed by atoms with Crippen molar-refractivity contribution in [3.8, 4) is 0 Å². The molecule has 0 spiro atoms. The Morgan fingerprint density at radius 1 is 1.32 bits per heavy atom. The van der Waals surface area contributed by atoms with Crippen LogP contribution in [0, 0.1) is 0 Å². The lowest BCUT2D eigenvalue weighted by Gasteiger charge is -2.05. The summed E-state index contributed by atoms with van der Waals surface area (Å²) >= 11 is 7.44. The number of nitrogen functional groups attached to an aromatic ring is 1. The number of benzene rings is 1. The molecule has 0 amide bonds. The summed E-state index contributed by atoms with van der Waals surface area (Å²) in [6, 6.07) is 7.54. The van der Waals surface area contributed by atoms with E-state index in [0.29, 0.717) is 16.6 Å². The number of halogens is 1. The van der Waals surface area contributed by atoms with E-state index in [2.05, 4.69) is 25.6 Å². The largest absolute Gasteiger partial charge is 0.292 e. The number of nitrogens with one attached hydrogen (secondary N) is 2. The van der Waals surface area contributed by atoms with E-state index in [4.69, 9.17) is 17.4 Å². The van der Waals surface area contributed by atoms with E-state index >= 15 is 0 Å². The Hall–Kier alpha value is -1.83. The van der Waals surface area contributed by atoms with Crippen LogP contribution in [0.3, 0.4) is 0 Å². The van der Waals surface area contributed by atoms with Crippen LogP contribution in [-0.2, 0) is 0 Å². The molecular formula is C11H9ClN6S. The summed E-state index contributed by atoms with van der Waals surface area (Å²) in [7, 11) is 0. The molecule has 1 aromatic carbocycles. The van der Waals surface area contributed by atoms with Crippen molar-refractivity contribution in [3.05, 3.63) is 35.5 Å². The fraction of sp³-hybridized carbons (Fsp3) is 0. The Kier molecular flexibility index (Phi) is 3.24. The Balaban J connectivity index is 2.06. The van der Waals surface area contributed by atoms with Crippen molar-refractivity contribution >= 4 is 40.3 Å². The van der Waals surface area contributed by atoms with E-state index in [1.807, 2.05) is 24.3 Å². The lowest BCUT2D eigenvalue weighted by atomic mass is 10.4. The van der Waals surface area contributed by atoms with Crippen LogP contribution in [0.25, 0.3) is 11.0 Å². The molecule has 2 aromatic heterocycles. The minimum atomic E-state index is 0.335. The number of nitrogens with two attached hydrogens (primary N) is 1. The standard InChI is InChI=1S/C11H9ClN6S/c12-6-2-1-3-7(4-6)19-10-8-5-14-18-9(8)15-11(16-10)17-13/h1-5H,13H2,(H2,14,15,16,17,18). The van der Waals surface area contributed by atoms with Gasteiger partial charge in [-0.05, 0) is 18.2 Å². The second-order valence-corrected chi connectivity index (χ2v) is 5.19. The van der Waals surface area contributed by atoms with Gasteiger partial charge in [0.25, 0.3) is 0 Å². The Morgan fingerprint density at radius 2 is 2.21 bits per heavy atom. The van der Waals surface area contributed by atoms with Gasteiger partial charge >= 0.3 is 0 Å². The van der Waals surface area contributed by atoms with E-state index in [9.17, 15) is 0 Å². The Morgan fingerprint density at radius 3 is 3.00 bits per heavy atom. The summed E-state index contributed by atoms with van der Waals surface area (Å²) < 4.78 is 0. The topological polar surface area (TPSA) is 92.5 Å². The highest BCUT2D eigenvalue weighted by molar-refractivity contribution is 7.99. The summed E-state index contributed by atoms with van der Waals surface area (Å²) in [5, 5.41) is 9.03. The maximum atomic E-state index is 5.97. The minimum absolute atomic E-state index is 0.335. The van der Waals surface area contributed by atoms with Gasteiger partial charge in [-0.3, -0.25) is 10.5 Å². The molecule has 3 aromatic rings. The zero-order chi connectivity index (χ0) is 13.2. The van der Waals surface area contributed by atoms with E-state index in [-0.39, 0.29) is 0 Å². The number of nitrogens with zero attached hydrogens (tertiary/aromatic N) is 3. The highest BCUT2D eigenvalue weighted by Gasteiger charge is 2.10. The lowest BCUT2D eigenvalue weighted by molar-refractivity contribution is 1.05.